The summed E-state index contributed by atoms with van der Waals surface area (Å²) in [5.41, 5.74) is 4.50. The fourth-order valence-corrected chi connectivity index (χ4v) is 4.95. The first-order chi connectivity index (χ1) is 14.2. The number of hydrogen-bond acceptors (Lipinski definition) is 5. The van der Waals surface area contributed by atoms with Crippen LogP contribution in [0.25, 0.3) is 0 Å². The van der Waals surface area contributed by atoms with Gasteiger partial charge in [0.05, 0.1) is 12.0 Å². The van der Waals surface area contributed by atoms with Gasteiger partial charge in [-0.05, 0) is 30.0 Å². The van der Waals surface area contributed by atoms with E-state index in [1.165, 1.54) is 5.56 Å². The Balaban J connectivity index is 1.54. The highest BCUT2D eigenvalue weighted by Gasteiger charge is 2.42. The van der Waals surface area contributed by atoms with Gasteiger partial charge < -0.3 is 5.32 Å². The van der Waals surface area contributed by atoms with Crippen LogP contribution in [0.5, 0.6) is 0 Å². The largest absolute Gasteiger partial charge is 0.328 e. The lowest BCUT2D eigenvalue weighted by Crippen LogP contribution is -2.39. The predicted octanol–water partition coefficient (Wildman–Crippen LogP) is 4.76. The van der Waals surface area contributed by atoms with Crippen LogP contribution in [0.4, 0.5) is 5.95 Å². The van der Waals surface area contributed by atoms with E-state index in [0.717, 1.165) is 34.2 Å². The molecule has 1 N–H and O–H groups in total. The molecule has 6 heteroatoms. The molecule has 0 radical (unpaired) electrons. The Kier molecular flexibility index (Phi) is 4.72. The summed E-state index contributed by atoms with van der Waals surface area (Å²) in [6, 6.07) is 18.4. The number of hydrogen-bond donors (Lipinski definition) is 1. The van der Waals surface area contributed by atoms with Crippen LogP contribution in [-0.2, 0) is 10.5 Å². The van der Waals surface area contributed by atoms with Crippen LogP contribution in [0.3, 0.4) is 0 Å². The molecule has 1 aliphatic carbocycles. The molecule has 5 rings (SSSR count). The van der Waals surface area contributed by atoms with Crippen molar-refractivity contribution in [3.63, 3.8) is 0 Å². The monoisotopic (exact) mass is 402 g/mol. The predicted molar refractivity (Wildman–Crippen MR) is 115 cm³/mol. The first-order valence-corrected chi connectivity index (χ1v) is 10.9. The summed E-state index contributed by atoms with van der Waals surface area (Å²) in [7, 11) is 0. The van der Waals surface area contributed by atoms with Crippen molar-refractivity contribution in [1.82, 2.24) is 14.8 Å². The van der Waals surface area contributed by atoms with Gasteiger partial charge in [0.1, 0.15) is 5.78 Å². The molecule has 1 aromatic heterocycles. The molecule has 0 spiro atoms. The minimum Gasteiger partial charge on any atom is -0.328 e. The molecule has 2 unspecified atom stereocenters. The zero-order valence-corrected chi connectivity index (χ0v) is 17.0. The summed E-state index contributed by atoms with van der Waals surface area (Å²) in [6.07, 6.45) is 3.51. The number of carbonyl (C=O) groups excluding carboxylic acids is 1. The number of carbonyl (C=O) groups is 1. The Morgan fingerprint density at radius 2 is 1.93 bits per heavy atom. The van der Waals surface area contributed by atoms with Crippen molar-refractivity contribution < 1.29 is 4.79 Å². The molecule has 2 aromatic carbocycles. The number of Topliss-reactive ketones (excluding diaryl/α,β-unsaturated/α-hetero) is 1. The van der Waals surface area contributed by atoms with Crippen LogP contribution >= 0.6 is 11.8 Å². The van der Waals surface area contributed by atoms with Gasteiger partial charge in [-0.2, -0.15) is 4.98 Å². The fraction of sp³-hybridized carbons (Fsp3) is 0.261. The molecular weight excluding hydrogens is 380 g/mol. The van der Waals surface area contributed by atoms with Crippen LogP contribution in [0.15, 0.2) is 71.5 Å². The lowest BCUT2D eigenvalue weighted by atomic mass is 9.80. The minimum atomic E-state index is -0.231. The van der Waals surface area contributed by atoms with Crippen molar-refractivity contribution in [2.24, 2.45) is 5.92 Å². The number of thioether (sulfide) groups is 1. The van der Waals surface area contributed by atoms with Gasteiger partial charge in [-0.25, -0.2) is 4.68 Å². The highest BCUT2D eigenvalue weighted by molar-refractivity contribution is 7.98. The number of aromatic nitrogens is 3. The second-order valence-electron chi connectivity index (χ2n) is 7.51. The Labute approximate surface area is 174 Å². The van der Waals surface area contributed by atoms with Crippen molar-refractivity contribution in [2.75, 3.05) is 5.32 Å². The maximum absolute atomic E-state index is 12.9. The van der Waals surface area contributed by atoms with Crippen LogP contribution in [-0.4, -0.2) is 20.5 Å². The van der Waals surface area contributed by atoms with E-state index in [-0.39, 0.29) is 17.7 Å². The first kappa shape index (κ1) is 18.2. The molecule has 146 valence electrons. The lowest BCUT2D eigenvalue weighted by Gasteiger charge is -2.36. The molecule has 0 amide bonds. The van der Waals surface area contributed by atoms with Gasteiger partial charge in [0.25, 0.3) is 0 Å². The summed E-state index contributed by atoms with van der Waals surface area (Å²) < 4.78 is 1.92. The third-order valence-electron chi connectivity index (χ3n) is 5.60. The van der Waals surface area contributed by atoms with Crippen LogP contribution in [0.1, 0.15) is 35.6 Å². The minimum absolute atomic E-state index is 0.162. The Morgan fingerprint density at radius 1 is 1.14 bits per heavy atom. The van der Waals surface area contributed by atoms with E-state index in [4.69, 9.17) is 10.1 Å². The zero-order chi connectivity index (χ0) is 19.8. The summed E-state index contributed by atoms with van der Waals surface area (Å²) in [5.74, 6) is 1.56. The summed E-state index contributed by atoms with van der Waals surface area (Å²) in [6.45, 7) is 2.09. The van der Waals surface area contributed by atoms with E-state index in [1.54, 1.807) is 11.8 Å². The first-order valence-electron chi connectivity index (χ1n) is 9.89. The average Bonchev–Trinajstić information content (AvgIpc) is 3.15. The van der Waals surface area contributed by atoms with Gasteiger partial charge in [0, 0.05) is 17.9 Å². The van der Waals surface area contributed by atoms with Gasteiger partial charge in [0.2, 0.25) is 11.1 Å². The maximum atomic E-state index is 12.9. The SMILES string of the molecule is Cc1ccccc1C1C2C(=O)CCC=C2Nc2nc(SCc3ccccc3)nn21. The quantitative estimate of drug-likeness (QED) is 0.638. The van der Waals surface area contributed by atoms with E-state index in [0.29, 0.717) is 12.4 Å². The zero-order valence-electron chi connectivity index (χ0n) is 16.2. The molecule has 0 bridgehead atoms. The standard InChI is InChI=1S/C23H22N4OS/c1-15-8-5-6-11-17(15)21-20-18(12-7-13-19(20)28)24-22-25-23(26-27(21)22)29-14-16-9-3-2-4-10-16/h2-6,8-12,20-21H,7,13-14H2,1H3,(H,24,25,26). The summed E-state index contributed by atoms with van der Waals surface area (Å²) in [4.78, 5) is 17.6. The van der Waals surface area contributed by atoms with Crippen LogP contribution in [0, 0.1) is 12.8 Å². The van der Waals surface area contributed by atoms with Crippen molar-refractivity contribution in [3.8, 4) is 0 Å². The van der Waals surface area contributed by atoms with Gasteiger partial charge in [0.15, 0.2) is 0 Å². The summed E-state index contributed by atoms with van der Waals surface area (Å²) >= 11 is 1.62. The number of rotatable bonds is 4. The van der Waals surface area contributed by atoms with Crippen molar-refractivity contribution in [2.45, 2.75) is 36.7 Å². The summed E-state index contributed by atoms with van der Waals surface area (Å²) in [5, 5.41) is 8.92. The molecule has 3 aromatic rings. The van der Waals surface area contributed by atoms with Crippen molar-refractivity contribution >= 4 is 23.5 Å². The Morgan fingerprint density at radius 3 is 2.76 bits per heavy atom. The van der Waals surface area contributed by atoms with Gasteiger partial charge in [-0.3, -0.25) is 4.79 Å². The number of ketones is 1. The number of anilines is 1. The molecule has 0 fully saturated rings. The maximum Gasteiger partial charge on any atom is 0.227 e. The molecule has 2 atom stereocenters. The number of nitrogens with one attached hydrogen (secondary N) is 1. The van der Waals surface area contributed by atoms with E-state index < -0.39 is 0 Å². The van der Waals surface area contributed by atoms with Gasteiger partial charge >= 0.3 is 0 Å². The van der Waals surface area contributed by atoms with Crippen molar-refractivity contribution in [3.05, 3.63) is 83.1 Å². The number of aryl methyl sites for hydroxylation is 1. The van der Waals surface area contributed by atoms with E-state index in [1.807, 2.05) is 35.0 Å². The third-order valence-corrected chi connectivity index (χ3v) is 6.51. The fourth-order valence-electron chi connectivity index (χ4n) is 4.17. The second kappa shape index (κ2) is 7.52. The topological polar surface area (TPSA) is 59.8 Å². The van der Waals surface area contributed by atoms with Crippen molar-refractivity contribution in [1.29, 1.82) is 0 Å². The van der Waals surface area contributed by atoms with Gasteiger partial charge in [-0.1, -0.05) is 72.4 Å². The highest BCUT2D eigenvalue weighted by atomic mass is 32.2. The number of allylic oxidation sites excluding steroid dienone is 2. The number of nitrogens with zero attached hydrogens (tertiary/aromatic N) is 3. The highest BCUT2D eigenvalue weighted by Crippen LogP contribution is 2.42. The molecule has 2 heterocycles. The smallest absolute Gasteiger partial charge is 0.227 e. The molecule has 0 saturated carbocycles. The van der Waals surface area contributed by atoms with Crippen LogP contribution < -0.4 is 5.32 Å². The Hall–Kier alpha value is -2.86. The third kappa shape index (κ3) is 3.38. The Bertz CT molecular complexity index is 1090. The molecule has 1 aliphatic heterocycles. The molecule has 0 saturated heterocycles. The van der Waals surface area contributed by atoms with Gasteiger partial charge in [-0.15, -0.1) is 5.10 Å². The second-order valence-corrected chi connectivity index (χ2v) is 8.45. The molecule has 5 nitrogen and oxygen atoms in total. The molecule has 2 aliphatic rings. The number of fused-ring (bicyclic) bond motifs is 2. The lowest BCUT2D eigenvalue weighted by molar-refractivity contribution is -0.123. The van der Waals surface area contributed by atoms with E-state index in [2.05, 4.69) is 42.6 Å². The normalized spacial score (nSPS) is 20.4. The molecular formula is C23H22N4OS. The van der Waals surface area contributed by atoms with E-state index in [9.17, 15) is 4.79 Å². The van der Waals surface area contributed by atoms with Crippen LogP contribution in [0.2, 0.25) is 0 Å². The van der Waals surface area contributed by atoms with E-state index >= 15 is 0 Å². The number of benzene rings is 2. The average molecular weight is 403 g/mol. The molecule has 29 heavy (non-hydrogen) atoms.